The molecule has 0 spiro atoms. The Labute approximate surface area is 190 Å². The Kier molecular flexibility index (Phi) is 9.19. The number of hydrogen-bond donors (Lipinski definition) is 1. The van der Waals surface area contributed by atoms with Gasteiger partial charge in [-0.2, -0.15) is 0 Å². The van der Waals surface area contributed by atoms with E-state index in [0.29, 0.717) is 36.0 Å². The van der Waals surface area contributed by atoms with E-state index in [9.17, 15) is 13.2 Å². The van der Waals surface area contributed by atoms with E-state index in [1.165, 1.54) is 0 Å². The van der Waals surface area contributed by atoms with E-state index in [1.807, 2.05) is 19.9 Å². The zero-order valence-electron chi connectivity index (χ0n) is 19.3. The molecule has 32 heavy (non-hydrogen) atoms. The molecular formula is C23H32N2O6S. The maximum atomic E-state index is 12.8. The van der Waals surface area contributed by atoms with E-state index in [-0.39, 0.29) is 12.6 Å². The fourth-order valence-electron chi connectivity index (χ4n) is 3.19. The van der Waals surface area contributed by atoms with E-state index >= 15 is 0 Å². The topological polar surface area (TPSA) is 94.2 Å². The molecule has 2 aromatic rings. The predicted molar refractivity (Wildman–Crippen MR) is 125 cm³/mol. The fraction of sp³-hybridized carbons (Fsp3) is 0.435. The van der Waals surface area contributed by atoms with Crippen LogP contribution in [-0.4, -0.2) is 48.0 Å². The summed E-state index contributed by atoms with van der Waals surface area (Å²) < 4.78 is 42.0. The maximum Gasteiger partial charge on any atom is 0.241 e. The summed E-state index contributed by atoms with van der Waals surface area (Å²) in [4.78, 5) is 12.8. The molecule has 1 unspecified atom stereocenters. The molecule has 1 amide bonds. The lowest BCUT2D eigenvalue weighted by atomic mass is 10.0. The summed E-state index contributed by atoms with van der Waals surface area (Å²) in [6, 6.07) is 11.8. The van der Waals surface area contributed by atoms with Crippen LogP contribution in [0.2, 0.25) is 0 Å². The van der Waals surface area contributed by atoms with Crippen molar-refractivity contribution in [2.75, 3.05) is 37.9 Å². The highest BCUT2D eigenvalue weighted by molar-refractivity contribution is 7.92. The molecule has 9 heteroatoms. The van der Waals surface area contributed by atoms with Crippen molar-refractivity contribution in [1.29, 1.82) is 0 Å². The predicted octanol–water partition coefficient (Wildman–Crippen LogP) is 3.53. The molecule has 0 radical (unpaired) electrons. The lowest BCUT2D eigenvalue weighted by Crippen LogP contribution is -2.41. The zero-order valence-corrected chi connectivity index (χ0v) is 20.1. The Bertz CT molecular complexity index is 992. The van der Waals surface area contributed by atoms with Crippen LogP contribution >= 0.6 is 0 Å². The van der Waals surface area contributed by atoms with Crippen molar-refractivity contribution in [2.24, 2.45) is 0 Å². The van der Waals surface area contributed by atoms with Crippen molar-refractivity contribution in [3.05, 3.63) is 48.0 Å². The molecule has 0 aliphatic heterocycles. The standard InChI is InChI=1S/C23H32N2O6S/c1-6-14-31-19-11-9-18(10-12-19)25(32(5,27)28)16-23(26)24-20(7-2)17-8-13-21(29-3)22(15-17)30-4/h8-13,15,20H,6-7,14,16H2,1-5H3,(H,24,26). The van der Waals surface area contributed by atoms with Gasteiger partial charge in [0.05, 0.1) is 38.8 Å². The number of carbonyl (C=O) groups is 1. The monoisotopic (exact) mass is 464 g/mol. The second-order valence-electron chi connectivity index (χ2n) is 7.25. The minimum Gasteiger partial charge on any atom is -0.494 e. The fourth-order valence-corrected chi connectivity index (χ4v) is 4.05. The zero-order chi connectivity index (χ0) is 23.7. The van der Waals surface area contributed by atoms with E-state index < -0.39 is 15.9 Å². The number of methoxy groups -OCH3 is 2. The van der Waals surface area contributed by atoms with Gasteiger partial charge in [-0.05, 0) is 54.8 Å². The maximum absolute atomic E-state index is 12.8. The molecule has 2 aromatic carbocycles. The number of anilines is 1. The van der Waals surface area contributed by atoms with Crippen LogP contribution in [0, 0.1) is 0 Å². The number of nitrogens with one attached hydrogen (secondary N) is 1. The van der Waals surface area contributed by atoms with Gasteiger partial charge < -0.3 is 19.5 Å². The Balaban J connectivity index is 2.17. The Morgan fingerprint density at radius 1 is 1.03 bits per heavy atom. The number of sulfonamides is 1. The Morgan fingerprint density at radius 2 is 1.69 bits per heavy atom. The van der Waals surface area contributed by atoms with Crippen molar-refractivity contribution < 1.29 is 27.4 Å². The second-order valence-corrected chi connectivity index (χ2v) is 9.16. The van der Waals surface area contributed by atoms with Gasteiger partial charge in [0, 0.05) is 0 Å². The average molecular weight is 465 g/mol. The van der Waals surface area contributed by atoms with Crippen LogP contribution < -0.4 is 23.8 Å². The molecule has 0 aliphatic rings. The first-order valence-corrected chi connectivity index (χ1v) is 12.3. The smallest absolute Gasteiger partial charge is 0.241 e. The molecule has 0 aromatic heterocycles. The summed E-state index contributed by atoms with van der Waals surface area (Å²) in [5.41, 5.74) is 1.23. The number of ether oxygens (including phenoxy) is 3. The van der Waals surface area contributed by atoms with Crippen LogP contribution in [0.4, 0.5) is 5.69 Å². The van der Waals surface area contributed by atoms with Gasteiger partial charge in [-0.1, -0.05) is 19.9 Å². The van der Waals surface area contributed by atoms with Gasteiger partial charge in [-0.15, -0.1) is 0 Å². The van der Waals surface area contributed by atoms with Crippen LogP contribution in [-0.2, 0) is 14.8 Å². The van der Waals surface area contributed by atoms with Gasteiger partial charge in [0.15, 0.2) is 11.5 Å². The van der Waals surface area contributed by atoms with Crippen LogP contribution in [0.15, 0.2) is 42.5 Å². The van der Waals surface area contributed by atoms with Crippen molar-refractivity contribution in [3.63, 3.8) is 0 Å². The van der Waals surface area contributed by atoms with Crippen molar-refractivity contribution in [1.82, 2.24) is 5.32 Å². The molecule has 0 saturated carbocycles. The van der Waals surface area contributed by atoms with Gasteiger partial charge >= 0.3 is 0 Å². The van der Waals surface area contributed by atoms with E-state index in [2.05, 4.69) is 5.32 Å². The summed E-state index contributed by atoms with van der Waals surface area (Å²) in [5.74, 6) is 1.38. The highest BCUT2D eigenvalue weighted by atomic mass is 32.2. The highest BCUT2D eigenvalue weighted by Gasteiger charge is 2.23. The number of benzene rings is 2. The molecule has 0 aliphatic carbocycles. The number of carbonyl (C=O) groups excluding carboxylic acids is 1. The molecule has 0 heterocycles. The average Bonchev–Trinajstić information content (AvgIpc) is 2.78. The van der Waals surface area contributed by atoms with Crippen LogP contribution in [0.25, 0.3) is 0 Å². The largest absolute Gasteiger partial charge is 0.494 e. The van der Waals surface area contributed by atoms with Gasteiger partial charge in [-0.3, -0.25) is 9.10 Å². The molecule has 2 rings (SSSR count). The van der Waals surface area contributed by atoms with E-state index in [1.54, 1.807) is 50.6 Å². The van der Waals surface area contributed by atoms with E-state index in [4.69, 9.17) is 14.2 Å². The lowest BCUT2D eigenvalue weighted by molar-refractivity contribution is -0.120. The summed E-state index contributed by atoms with van der Waals surface area (Å²) in [6.07, 6.45) is 2.56. The molecule has 0 bridgehead atoms. The van der Waals surface area contributed by atoms with Gasteiger partial charge in [-0.25, -0.2) is 8.42 Å². The first-order valence-electron chi connectivity index (χ1n) is 10.4. The summed E-state index contributed by atoms with van der Waals surface area (Å²) in [7, 11) is -0.575. The summed E-state index contributed by atoms with van der Waals surface area (Å²) in [6.45, 7) is 4.18. The highest BCUT2D eigenvalue weighted by Crippen LogP contribution is 2.31. The van der Waals surface area contributed by atoms with Crippen molar-refractivity contribution in [3.8, 4) is 17.2 Å². The third kappa shape index (κ3) is 6.78. The van der Waals surface area contributed by atoms with Gasteiger partial charge in [0.1, 0.15) is 12.3 Å². The third-order valence-corrected chi connectivity index (χ3v) is 5.98. The van der Waals surface area contributed by atoms with Crippen molar-refractivity contribution >= 4 is 21.6 Å². The minimum absolute atomic E-state index is 0.312. The SMILES string of the molecule is CCCOc1ccc(N(CC(=O)NC(CC)c2ccc(OC)c(OC)c2)S(C)(=O)=O)cc1. The Morgan fingerprint density at radius 3 is 2.22 bits per heavy atom. The lowest BCUT2D eigenvalue weighted by Gasteiger charge is -2.24. The number of rotatable bonds is 12. The molecule has 8 nitrogen and oxygen atoms in total. The molecule has 0 saturated heterocycles. The number of hydrogen-bond acceptors (Lipinski definition) is 6. The first kappa shape index (κ1) is 25.3. The summed E-state index contributed by atoms with van der Waals surface area (Å²) in [5, 5.41) is 2.92. The minimum atomic E-state index is -3.67. The number of amides is 1. The van der Waals surface area contributed by atoms with Crippen molar-refractivity contribution in [2.45, 2.75) is 32.7 Å². The molecule has 176 valence electrons. The van der Waals surface area contributed by atoms with Crippen LogP contribution in [0.3, 0.4) is 0 Å². The van der Waals surface area contributed by atoms with Crippen LogP contribution in [0.1, 0.15) is 38.3 Å². The first-order chi connectivity index (χ1) is 15.2. The molecular weight excluding hydrogens is 432 g/mol. The van der Waals surface area contributed by atoms with Gasteiger partial charge in [0.25, 0.3) is 0 Å². The molecule has 1 N–H and O–H groups in total. The van der Waals surface area contributed by atoms with Crippen LogP contribution in [0.5, 0.6) is 17.2 Å². The molecule has 0 fully saturated rings. The quantitative estimate of drug-likeness (QED) is 0.517. The van der Waals surface area contributed by atoms with E-state index in [0.717, 1.165) is 22.5 Å². The number of nitrogens with zero attached hydrogens (tertiary/aromatic N) is 1. The normalized spacial score (nSPS) is 12.0. The summed E-state index contributed by atoms with van der Waals surface area (Å²) >= 11 is 0. The second kappa shape index (κ2) is 11.6. The Hall–Kier alpha value is -2.94. The molecule has 1 atom stereocenters. The van der Waals surface area contributed by atoms with Gasteiger partial charge in [0.2, 0.25) is 15.9 Å². The third-order valence-electron chi connectivity index (χ3n) is 4.84.